The van der Waals surface area contributed by atoms with Crippen molar-refractivity contribution in [3.63, 3.8) is 0 Å². The van der Waals surface area contributed by atoms with Crippen LogP contribution >= 0.6 is 11.8 Å². The van der Waals surface area contributed by atoms with E-state index in [0.717, 1.165) is 30.0 Å². The van der Waals surface area contributed by atoms with Gasteiger partial charge in [-0.1, -0.05) is 0 Å². The fraction of sp³-hybridized carbons (Fsp3) is 0.286. The molecule has 1 saturated heterocycles. The van der Waals surface area contributed by atoms with Gasteiger partial charge in [-0.25, -0.2) is 0 Å². The van der Waals surface area contributed by atoms with E-state index in [1.807, 2.05) is 16.7 Å². The van der Waals surface area contributed by atoms with Gasteiger partial charge >= 0.3 is 0 Å². The number of furan rings is 1. The van der Waals surface area contributed by atoms with Crippen molar-refractivity contribution in [3.8, 4) is 0 Å². The summed E-state index contributed by atoms with van der Waals surface area (Å²) in [5, 5.41) is 3.39. The summed E-state index contributed by atoms with van der Waals surface area (Å²) in [6.07, 6.45) is 0.624. The van der Waals surface area contributed by atoms with Crippen LogP contribution in [0.5, 0.6) is 0 Å². The minimum atomic E-state index is -0.0635. The molecule has 3 rings (SSSR count). The van der Waals surface area contributed by atoms with Gasteiger partial charge in [0.15, 0.2) is 5.76 Å². The summed E-state index contributed by atoms with van der Waals surface area (Å²) >= 11 is 1.86. The van der Waals surface area contributed by atoms with Gasteiger partial charge in [-0.15, -0.1) is 0 Å². The molecule has 0 spiro atoms. The van der Waals surface area contributed by atoms with Crippen molar-refractivity contribution in [2.75, 3.05) is 29.9 Å². The molecule has 1 aromatic heterocycles. The van der Waals surface area contributed by atoms with Gasteiger partial charge in [-0.05, 0) is 24.3 Å². The molecule has 0 unspecified atom stereocenters. The molecule has 0 aliphatic carbocycles. The maximum Gasteiger partial charge on any atom is 0.289 e. The number of thioether (sulfide) groups is 1. The van der Waals surface area contributed by atoms with Crippen molar-refractivity contribution in [2.24, 2.45) is 0 Å². The third-order valence-electron chi connectivity index (χ3n) is 3.25. The maximum absolute atomic E-state index is 12.3. The van der Waals surface area contributed by atoms with Crippen LogP contribution in [-0.2, 0) is 4.79 Å². The molecule has 6 heteroatoms. The van der Waals surface area contributed by atoms with Crippen LogP contribution in [0.2, 0.25) is 0 Å². The molecule has 1 aromatic carbocycles. The highest BCUT2D eigenvalue weighted by atomic mass is 32.2. The van der Waals surface area contributed by atoms with Gasteiger partial charge in [0.1, 0.15) is 5.58 Å². The Morgan fingerprint density at radius 3 is 2.90 bits per heavy atom. The number of nitrogens with one attached hydrogen (secondary N) is 1. The Morgan fingerprint density at radius 1 is 1.35 bits per heavy atom. The van der Waals surface area contributed by atoms with E-state index >= 15 is 0 Å². The largest absolute Gasteiger partial charge is 0.451 e. The fourth-order valence-corrected chi connectivity index (χ4v) is 3.13. The molecular formula is C14H16N2O3S. The van der Waals surface area contributed by atoms with Crippen LogP contribution in [0.3, 0.4) is 0 Å². The third-order valence-corrected chi connectivity index (χ3v) is 4.19. The van der Waals surface area contributed by atoms with Crippen LogP contribution in [0.4, 0.5) is 5.69 Å². The molecule has 2 aromatic rings. The molecule has 2 heterocycles. The summed E-state index contributed by atoms with van der Waals surface area (Å²) in [7, 11) is 0. The summed E-state index contributed by atoms with van der Waals surface area (Å²) < 4.78 is 5.60. The minimum Gasteiger partial charge on any atom is -0.451 e. The number of hydrogen-bond acceptors (Lipinski definition) is 4. The van der Waals surface area contributed by atoms with Crippen LogP contribution in [0.15, 0.2) is 28.7 Å². The van der Waals surface area contributed by atoms with E-state index in [2.05, 4.69) is 5.32 Å². The zero-order valence-electron chi connectivity index (χ0n) is 10.8. The zero-order chi connectivity index (χ0) is 13.9. The second-order valence-corrected chi connectivity index (χ2v) is 5.75. The van der Waals surface area contributed by atoms with Crippen molar-refractivity contribution < 1.29 is 15.4 Å². The second-order valence-electron chi connectivity index (χ2n) is 4.53. The summed E-state index contributed by atoms with van der Waals surface area (Å²) in [6, 6.07) is 7.02. The van der Waals surface area contributed by atoms with Gasteiger partial charge in [0.2, 0.25) is 6.41 Å². The first-order valence-corrected chi connectivity index (χ1v) is 7.54. The number of rotatable bonds is 3. The van der Waals surface area contributed by atoms with Crippen molar-refractivity contribution in [3.05, 3.63) is 30.0 Å². The van der Waals surface area contributed by atoms with Crippen LogP contribution in [0.1, 0.15) is 12.0 Å². The molecule has 2 amide bonds. The lowest BCUT2D eigenvalue weighted by molar-refractivity contribution is -0.105. The highest BCUT2D eigenvalue weighted by Gasteiger charge is 2.21. The molecule has 0 radical (unpaired) electrons. The average molecular weight is 292 g/mol. The molecule has 0 atom stereocenters. The molecule has 0 saturated carbocycles. The highest BCUT2D eigenvalue weighted by Crippen LogP contribution is 2.24. The molecule has 1 aliphatic rings. The maximum atomic E-state index is 12.3. The number of carbonyl (C=O) groups excluding carboxylic acids is 2. The topological polar surface area (TPSA) is 62.6 Å². The normalized spacial score (nSPS) is 15.3. The summed E-state index contributed by atoms with van der Waals surface area (Å²) in [6.45, 7) is 1.52. The Bertz CT molecular complexity index is 653. The Balaban J connectivity index is 0.00000161. The molecule has 20 heavy (non-hydrogen) atoms. The third kappa shape index (κ3) is 2.51. The van der Waals surface area contributed by atoms with E-state index in [1.165, 1.54) is 0 Å². The van der Waals surface area contributed by atoms with Crippen molar-refractivity contribution >= 4 is 40.7 Å². The predicted molar refractivity (Wildman–Crippen MR) is 81.2 cm³/mol. The number of nitrogens with zero attached hydrogens (tertiary/aromatic N) is 1. The standard InChI is InChI=1S/C14H14N2O3S.H2/c17-9-15-11-1-2-12-10(7-11)8-13(19-12)14(18)16-3-5-20-6-4-16;/h1-2,7-9H,3-6H2,(H,15,17);1H. The summed E-state index contributed by atoms with van der Waals surface area (Å²) in [4.78, 5) is 24.6. The lowest BCUT2D eigenvalue weighted by Crippen LogP contribution is -2.37. The molecule has 1 fully saturated rings. The molecule has 0 bridgehead atoms. The molecule has 1 aliphatic heterocycles. The number of benzene rings is 1. The lowest BCUT2D eigenvalue weighted by Gasteiger charge is -2.25. The van der Waals surface area contributed by atoms with Gasteiger partial charge in [0.05, 0.1) is 0 Å². The zero-order valence-corrected chi connectivity index (χ0v) is 11.6. The van der Waals surface area contributed by atoms with E-state index < -0.39 is 0 Å². The molecule has 5 nitrogen and oxygen atoms in total. The van der Waals surface area contributed by atoms with Crippen LogP contribution < -0.4 is 5.32 Å². The molecular weight excluding hydrogens is 276 g/mol. The van der Waals surface area contributed by atoms with Gasteiger partial charge in [-0.2, -0.15) is 11.8 Å². The average Bonchev–Trinajstić information content (AvgIpc) is 2.91. The van der Waals surface area contributed by atoms with Crippen molar-refractivity contribution in [1.82, 2.24) is 4.90 Å². The number of anilines is 1. The Labute approximate surface area is 121 Å². The Morgan fingerprint density at radius 2 is 2.15 bits per heavy atom. The van der Waals surface area contributed by atoms with Crippen molar-refractivity contribution in [2.45, 2.75) is 0 Å². The first kappa shape index (κ1) is 13.1. The lowest BCUT2D eigenvalue weighted by atomic mass is 10.2. The van der Waals surface area contributed by atoms with Crippen molar-refractivity contribution in [1.29, 1.82) is 0 Å². The van der Waals surface area contributed by atoms with E-state index in [1.54, 1.807) is 24.3 Å². The van der Waals surface area contributed by atoms with Gasteiger partial charge in [0, 0.05) is 37.1 Å². The predicted octanol–water partition coefficient (Wildman–Crippen LogP) is 2.44. The quantitative estimate of drug-likeness (QED) is 0.883. The summed E-state index contributed by atoms with van der Waals surface area (Å²) in [5.41, 5.74) is 1.33. The van der Waals surface area contributed by atoms with E-state index in [4.69, 9.17) is 4.42 Å². The molecule has 1 N–H and O–H groups in total. The fourth-order valence-electron chi connectivity index (χ4n) is 2.23. The number of fused-ring (bicyclic) bond motifs is 1. The van der Waals surface area contributed by atoms with Gasteiger partial charge in [0.25, 0.3) is 5.91 Å². The Kier molecular flexibility index (Phi) is 3.64. The SMILES string of the molecule is O=CNc1ccc2oc(C(=O)N3CCSCC3)cc2c1.[HH]. The van der Waals surface area contributed by atoms with E-state index in [9.17, 15) is 9.59 Å². The van der Waals surface area contributed by atoms with Crippen LogP contribution in [0.25, 0.3) is 11.0 Å². The van der Waals surface area contributed by atoms with E-state index in [0.29, 0.717) is 23.4 Å². The first-order chi connectivity index (χ1) is 9.78. The molecule has 106 valence electrons. The smallest absolute Gasteiger partial charge is 0.289 e. The highest BCUT2D eigenvalue weighted by molar-refractivity contribution is 7.99. The van der Waals surface area contributed by atoms with Crippen LogP contribution in [-0.4, -0.2) is 41.8 Å². The second kappa shape index (κ2) is 5.58. The number of amides is 2. The number of carbonyl (C=O) groups is 2. The summed E-state index contributed by atoms with van der Waals surface area (Å²) in [5.74, 6) is 2.24. The minimum absolute atomic E-state index is 0. The monoisotopic (exact) mass is 292 g/mol. The van der Waals surface area contributed by atoms with Gasteiger partial charge in [-0.3, -0.25) is 9.59 Å². The number of hydrogen-bond donors (Lipinski definition) is 1. The van der Waals surface area contributed by atoms with Crippen LogP contribution in [0, 0.1) is 0 Å². The van der Waals surface area contributed by atoms with Gasteiger partial charge < -0.3 is 14.6 Å². The van der Waals surface area contributed by atoms with E-state index in [-0.39, 0.29) is 7.33 Å². The first-order valence-electron chi connectivity index (χ1n) is 6.39. The Hall–Kier alpha value is -1.95.